The van der Waals surface area contributed by atoms with Crippen molar-refractivity contribution in [3.63, 3.8) is 0 Å². The highest BCUT2D eigenvalue weighted by molar-refractivity contribution is 5.71. The van der Waals surface area contributed by atoms with E-state index in [4.69, 9.17) is 23.7 Å². The number of nitrogens with one attached hydrogen (secondary N) is 1. The Labute approximate surface area is 336 Å². The maximum Gasteiger partial charge on any atom is 0.163 e. The van der Waals surface area contributed by atoms with E-state index < -0.39 is 0 Å². The van der Waals surface area contributed by atoms with Crippen molar-refractivity contribution < 1.29 is 23.7 Å². The normalized spacial score (nSPS) is 16.7. The van der Waals surface area contributed by atoms with E-state index in [0.717, 1.165) is 105 Å². The summed E-state index contributed by atoms with van der Waals surface area (Å²) in [6.07, 6.45) is 22.0. The summed E-state index contributed by atoms with van der Waals surface area (Å²) < 4.78 is 28.2. The Morgan fingerprint density at radius 1 is 0.839 bits per heavy atom. The molecule has 2 heterocycles. The maximum atomic E-state index is 5.81. The number of aryl methyl sites for hydroxylation is 1. The van der Waals surface area contributed by atoms with Crippen molar-refractivity contribution in [3.05, 3.63) is 125 Å². The largest absolute Gasteiger partial charge is 0.497 e. The monoisotopic (exact) mass is 761 g/mol. The van der Waals surface area contributed by atoms with Gasteiger partial charge >= 0.3 is 0 Å². The number of methoxy groups -OCH3 is 5. The summed E-state index contributed by atoms with van der Waals surface area (Å²) in [5, 5.41) is 3.51. The number of unbranched alkanes of at least 4 members (excludes halogenated alkanes) is 1. The smallest absolute Gasteiger partial charge is 0.163 e. The predicted octanol–water partition coefficient (Wildman–Crippen LogP) is 10.1. The molecular weight excluding hydrogens is 699 g/mol. The first-order chi connectivity index (χ1) is 27.3. The van der Waals surface area contributed by atoms with E-state index in [2.05, 4.69) is 127 Å². The van der Waals surface area contributed by atoms with E-state index in [1.54, 1.807) is 35.5 Å². The van der Waals surface area contributed by atoms with Crippen LogP contribution in [0.2, 0.25) is 0 Å². The molecule has 1 N–H and O–H groups in total. The van der Waals surface area contributed by atoms with Gasteiger partial charge in [0.25, 0.3) is 0 Å². The molecule has 0 saturated carbocycles. The molecule has 300 valence electrons. The molecule has 1 unspecified atom stereocenters. The predicted molar refractivity (Wildman–Crippen MR) is 232 cm³/mol. The fourth-order valence-electron chi connectivity index (χ4n) is 7.66. The second-order valence-electron chi connectivity index (χ2n) is 14.6. The van der Waals surface area contributed by atoms with E-state index in [9.17, 15) is 0 Å². The molecule has 0 bridgehead atoms. The molecule has 0 aliphatic carbocycles. The van der Waals surface area contributed by atoms with E-state index in [0.29, 0.717) is 6.04 Å². The van der Waals surface area contributed by atoms with Gasteiger partial charge in [0.05, 0.1) is 41.6 Å². The standard InChI is InChI=1S/C48H63N3O5/c1-9-11-12-13-15-36(28-35(3)40-30-39(14-10-2)48(56-8)47(32-40)55-7)34-51(41-17-19-43(52-4)20-18-41)42-23-26-50(27-24-42)33-37-22-25-49-44(29-37)38-16-21-45(53-5)46(31-38)54-6/h12-13,15-22,25,28-32,42,44,49H,9-11,14,23-24,26-27,33-34H2,1-8H3/b13-12-,35-28+,36-15+. The number of benzene rings is 3. The van der Waals surface area contributed by atoms with Crippen molar-refractivity contribution in [2.75, 3.05) is 66.6 Å². The molecule has 2 aliphatic heterocycles. The number of hydrogen-bond donors (Lipinski definition) is 1. The number of dihydropyridines is 1. The van der Waals surface area contributed by atoms with Gasteiger partial charge in [0.2, 0.25) is 0 Å². The SMILES string of the molecule is CCC\C=C/C=C(\C=C(/C)c1cc(CCC)c(OC)c(OC)c1)CN(c1ccc(OC)cc1)C1CCN(CC2=CC(c3ccc(OC)c(OC)c3)NC=C2)CC1. The van der Waals surface area contributed by atoms with Crippen molar-refractivity contribution in [2.24, 2.45) is 0 Å². The zero-order chi connectivity index (χ0) is 39.9. The molecular formula is C48H63N3O5. The molecule has 8 nitrogen and oxygen atoms in total. The third-order valence-corrected chi connectivity index (χ3v) is 10.7. The van der Waals surface area contributed by atoms with Crippen LogP contribution < -0.4 is 33.9 Å². The Hall–Kier alpha value is -5.08. The number of ether oxygens (including phenoxy) is 5. The zero-order valence-electron chi connectivity index (χ0n) is 34.9. The molecule has 5 rings (SSSR count). The first-order valence-electron chi connectivity index (χ1n) is 20.1. The molecule has 0 radical (unpaired) electrons. The summed E-state index contributed by atoms with van der Waals surface area (Å²) >= 11 is 0. The Morgan fingerprint density at radius 3 is 2.25 bits per heavy atom. The first-order valence-corrected chi connectivity index (χ1v) is 20.1. The molecule has 3 aromatic rings. The van der Waals surface area contributed by atoms with Crippen LogP contribution in [0.5, 0.6) is 28.7 Å². The van der Waals surface area contributed by atoms with Gasteiger partial charge in [-0.25, -0.2) is 0 Å². The van der Waals surface area contributed by atoms with Crippen LogP contribution in [0.4, 0.5) is 5.69 Å². The lowest BCUT2D eigenvalue weighted by molar-refractivity contribution is 0.225. The van der Waals surface area contributed by atoms with Crippen molar-refractivity contribution in [1.82, 2.24) is 10.2 Å². The third-order valence-electron chi connectivity index (χ3n) is 10.7. The minimum absolute atomic E-state index is 0.0724. The number of hydrogen-bond acceptors (Lipinski definition) is 8. The van der Waals surface area contributed by atoms with E-state index in [1.807, 2.05) is 6.07 Å². The van der Waals surface area contributed by atoms with Crippen LogP contribution in [0.15, 0.2) is 108 Å². The number of rotatable bonds is 19. The first kappa shape index (κ1) is 42.1. The van der Waals surface area contributed by atoms with Gasteiger partial charge in [0, 0.05) is 37.9 Å². The summed E-state index contributed by atoms with van der Waals surface area (Å²) in [6.45, 7) is 10.4. The van der Waals surface area contributed by atoms with E-state index >= 15 is 0 Å². The number of allylic oxidation sites excluding steroid dienone is 4. The minimum Gasteiger partial charge on any atom is -0.497 e. The van der Waals surface area contributed by atoms with E-state index in [1.165, 1.54) is 28.0 Å². The van der Waals surface area contributed by atoms with Gasteiger partial charge in [-0.2, -0.15) is 0 Å². The topological polar surface area (TPSA) is 64.7 Å². The molecule has 2 aliphatic rings. The number of likely N-dealkylation sites (tertiary alicyclic amines) is 1. The van der Waals surface area contributed by atoms with Crippen LogP contribution in [0, 0.1) is 0 Å². The summed E-state index contributed by atoms with van der Waals surface area (Å²) in [4.78, 5) is 5.20. The summed E-state index contributed by atoms with van der Waals surface area (Å²) in [6, 6.07) is 19.5. The molecule has 3 aromatic carbocycles. The molecule has 0 amide bonds. The van der Waals surface area contributed by atoms with Gasteiger partial charge in [-0.1, -0.05) is 63.1 Å². The number of anilines is 1. The third kappa shape index (κ3) is 11.0. The zero-order valence-corrected chi connectivity index (χ0v) is 34.9. The van der Waals surface area contributed by atoms with Gasteiger partial charge in [0.1, 0.15) is 5.75 Å². The number of nitrogens with zero attached hydrogens (tertiary/aromatic N) is 2. The van der Waals surface area contributed by atoms with Gasteiger partial charge in [-0.15, -0.1) is 0 Å². The Bertz CT molecular complexity index is 1870. The Kier molecular flexibility index (Phi) is 16.0. The highest BCUT2D eigenvalue weighted by atomic mass is 16.5. The average Bonchev–Trinajstić information content (AvgIpc) is 3.24. The van der Waals surface area contributed by atoms with Crippen molar-refractivity contribution in [2.45, 2.75) is 71.4 Å². The molecule has 1 saturated heterocycles. The maximum absolute atomic E-state index is 5.81. The summed E-state index contributed by atoms with van der Waals surface area (Å²) in [5.74, 6) is 3.94. The Morgan fingerprint density at radius 2 is 1.59 bits per heavy atom. The average molecular weight is 762 g/mol. The van der Waals surface area contributed by atoms with Gasteiger partial charge < -0.3 is 33.9 Å². The highest BCUT2D eigenvalue weighted by Crippen LogP contribution is 2.37. The van der Waals surface area contributed by atoms with Crippen LogP contribution >= 0.6 is 0 Å². The fraction of sp³-hybridized carbons (Fsp3) is 0.417. The fourth-order valence-corrected chi connectivity index (χ4v) is 7.66. The molecule has 1 fully saturated rings. The Balaban J connectivity index is 1.38. The summed E-state index contributed by atoms with van der Waals surface area (Å²) in [7, 11) is 8.51. The second kappa shape index (κ2) is 21.3. The van der Waals surface area contributed by atoms with Crippen LogP contribution in [0.3, 0.4) is 0 Å². The van der Waals surface area contributed by atoms with E-state index in [-0.39, 0.29) is 6.04 Å². The van der Waals surface area contributed by atoms with Gasteiger partial charge in [0.15, 0.2) is 23.0 Å². The molecule has 0 spiro atoms. The minimum atomic E-state index is 0.0724. The van der Waals surface area contributed by atoms with Crippen LogP contribution in [-0.2, 0) is 6.42 Å². The van der Waals surface area contributed by atoms with Crippen LogP contribution in [0.1, 0.15) is 75.6 Å². The van der Waals surface area contributed by atoms with Crippen LogP contribution in [-0.4, -0.2) is 72.7 Å². The molecule has 56 heavy (non-hydrogen) atoms. The lowest BCUT2D eigenvalue weighted by atomic mass is 9.97. The lowest BCUT2D eigenvalue weighted by Crippen LogP contribution is -2.46. The van der Waals surface area contributed by atoms with Crippen molar-refractivity contribution in [1.29, 1.82) is 0 Å². The number of piperidine rings is 1. The molecule has 0 aromatic heterocycles. The van der Waals surface area contributed by atoms with Crippen molar-refractivity contribution in [3.8, 4) is 28.7 Å². The van der Waals surface area contributed by atoms with Crippen LogP contribution in [0.25, 0.3) is 5.57 Å². The summed E-state index contributed by atoms with van der Waals surface area (Å²) in [5.41, 5.74) is 8.43. The van der Waals surface area contributed by atoms with Gasteiger partial charge in [-0.3, -0.25) is 4.90 Å². The van der Waals surface area contributed by atoms with Gasteiger partial charge in [-0.05, 0) is 127 Å². The quantitative estimate of drug-likeness (QED) is 0.121. The highest BCUT2D eigenvalue weighted by Gasteiger charge is 2.27. The molecule has 1 atom stereocenters. The molecule has 8 heteroatoms. The lowest BCUT2D eigenvalue weighted by Gasteiger charge is -2.40. The second-order valence-corrected chi connectivity index (χ2v) is 14.6. The van der Waals surface area contributed by atoms with Crippen molar-refractivity contribution >= 4 is 11.3 Å².